The summed E-state index contributed by atoms with van der Waals surface area (Å²) in [6.07, 6.45) is 1.45. The average Bonchev–Trinajstić information content (AvgIpc) is 3.11. The van der Waals surface area contributed by atoms with E-state index in [1.807, 2.05) is 6.07 Å². The molecule has 3 aromatic rings. The van der Waals surface area contributed by atoms with Gasteiger partial charge in [-0.1, -0.05) is 0 Å². The highest BCUT2D eigenvalue weighted by atomic mass is 16.1. The maximum Gasteiger partial charge on any atom is 0.271 e. The van der Waals surface area contributed by atoms with Crippen molar-refractivity contribution in [2.24, 2.45) is 0 Å². The summed E-state index contributed by atoms with van der Waals surface area (Å²) >= 11 is 0. The van der Waals surface area contributed by atoms with Crippen LogP contribution in [0.4, 0.5) is 5.69 Å². The quantitative estimate of drug-likeness (QED) is 0.505. The van der Waals surface area contributed by atoms with Gasteiger partial charge in [0.05, 0.1) is 10.9 Å². The summed E-state index contributed by atoms with van der Waals surface area (Å²) in [6, 6.07) is 7.16. The molecule has 98 valence electrons. The zero-order valence-electron chi connectivity index (χ0n) is 10.0. The van der Waals surface area contributed by atoms with E-state index < -0.39 is 0 Å². The van der Waals surface area contributed by atoms with Crippen LogP contribution in [0.15, 0.2) is 29.2 Å². The predicted molar refractivity (Wildman–Crippen MR) is 70.3 cm³/mol. The fourth-order valence-corrected chi connectivity index (χ4v) is 1.70. The Kier molecular flexibility index (Phi) is 2.74. The van der Waals surface area contributed by atoms with Gasteiger partial charge in [0.15, 0.2) is 0 Å². The summed E-state index contributed by atoms with van der Waals surface area (Å²) in [6.45, 7) is 0. The van der Waals surface area contributed by atoms with Crippen molar-refractivity contribution < 1.29 is 0 Å². The summed E-state index contributed by atoms with van der Waals surface area (Å²) in [4.78, 5) is 11.5. The minimum atomic E-state index is -0.202. The van der Waals surface area contributed by atoms with Crippen LogP contribution < -0.4 is 10.9 Å². The molecule has 0 bridgehead atoms. The number of nitrogens with one attached hydrogen (secondary N) is 4. The van der Waals surface area contributed by atoms with E-state index in [0.29, 0.717) is 16.6 Å². The number of anilines is 1. The minimum Gasteiger partial charge on any atom is -0.360 e. The third kappa shape index (κ3) is 2.01. The van der Waals surface area contributed by atoms with Gasteiger partial charge in [0, 0.05) is 11.9 Å². The lowest BCUT2D eigenvalue weighted by Gasteiger charge is -2.00. The number of benzene rings is 1. The summed E-state index contributed by atoms with van der Waals surface area (Å²) in [5, 5.41) is 30.8. The Bertz CT molecular complexity index is 864. The topological polar surface area (TPSA) is 139 Å². The van der Waals surface area contributed by atoms with Crippen molar-refractivity contribution in [2.75, 3.05) is 5.32 Å². The number of tetrazole rings is 1. The number of fused-ring (bicyclic) bond motifs is 1. The number of nitrogens with zero attached hydrogens (tertiary/aromatic N) is 4. The van der Waals surface area contributed by atoms with Crippen molar-refractivity contribution in [3.63, 3.8) is 0 Å². The first-order valence-electron chi connectivity index (χ1n) is 5.59. The number of nitriles is 1. The van der Waals surface area contributed by atoms with Gasteiger partial charge in [-0.3, -0.25) is 15.0 Å². The molecule has 20 heavy (non-hydrogen) atoms. The van der Waals surface area contributed by atoms with Gasteiger partial charge in [0.2, 0.25) is 5.82 Å². The van der Waals surface area contributed by atoms with Crippen LogP contribution >= 0.6 is 0 Å². The van der Waals surface area contributed by atoms with Crippen molar-refractivity contribution in [2.45, 2.75) is 0 Å². The van der Waals surface area contributed by atoms with Gasteiger partial charge in [-0.05, 0) is 23.4 Å². The molecule has 2 heterocycles. The van der Waals surface area contributed by atoms with E-state index in [1.165, 1.54) is 6.20 Å². The zero-order chi connectivity index (χ0) is 13.9. The van der Waals surface area contributed by atoms with E-state index >= 15 is 0 Å². The highest BCUT2D eigenvalue weighted by Crippen LogP contribution is 2.15. The molecule has 0 unspecified atom stereocenters. The van der Waals surface area contributed by atoms with E-state index in [0.717, 1.165) is 0 Å². The third-order valence-electron chi connectivity index (χ3n) is 2.66. The van der Waals surface area contributed by atoms with E-state index in [4.69, 9.17) is 5.26 Å². The smallest absolute Gasteiger partial charge is 0.271 e. The van der Waals surface area contributed by atoms with E-state index in [9.17, 15) is 4.79 Å². The van der Waals surface area contributed by atoms with Crippen molar-refractivity contribution in [3.05, 3.63) is 40.6 Å². The summed E-state index contributed by atoms with van der Waals surface area (Å²) in [5.41, 5.74) is 1.40. The fraction of sp³-hybridized carbons (Fsp3) is 0. The second-order valence-electron chi connectivity index (χ2n) is 3.89. The number of hydrogen-bond donors (Lipinski definition) is 4. The molecule has 0 saturated carbocycles. The number of aromatic nitrogens is 6. The molecule has 0 aliphatic carbocycles. The van der Waals surface area contributed by atoms with Crippen LogP contribution in [0.3, 0.4) is 0 Å². The highest BCUT2D eigenvalue weighted by Gasteiger charge is 2.06. The van der Waals surface area contributed by atoms with Gasteiger partial charge < -0.3 is 5.32 Å². The van der Waals surface area contributed by atoms with Crippen molar-refractivity contribution in [1.29, 1.82) is 5.26 Å². The predicted octanol–water partition coefficient (Wildman–Crippen LogP) is 0.346. The van der Waals surface area contributed by atoms with Crippen LogP contribution in [-0.2, 0) is 0 Å². The lowest BCUT2D eigenvalue weighted by Crippen LogP contribution is -1.98. The second kappa shape index (κ2) is 4.69. The monoisotopic (exact) mass is 268 g/mol. The van der Waals surface area contributed by atoms with Crippen LogP contribution in [0.2, 0.25) is 0 Å². The summed E-state index contributed by atoms with van der Waals surface area (Å²) in [5.74, 6) is 0.195. The average molecular weight is 268 g/mol. The van der Waals surface area contributed by atoms with Crippen LogP contribution in [-0.4, -0.2) is 30.8 Å². The van der Waals surface area contributed by atoms with Crippen LogP contribution in [0, 0.1) is 11.3 Å². The van der Waals surface area contributed by atoms with Gasteiger partial charge in [-0.25, -0.2) is 0 Å². The van der Waals surface area contributed by atoms with Crippen LogP contribution in [0.5, 0.6) is 0 Å². The SMILES string of the molecule is N#CC(=CNc1ccc2[nH][nH]c(=O)c2c1)c1nn[nH]n1. The maximum atomic E-state index is 11.5. The van der Waals surface area contributed by atoms with Crippen molar-refractivity contribution in [3.8, 4) is 6.07 Å². The van der Waals surface area contributed by atoms with Crippen LogP contribution in [0.25, 0.3) is 16.5 Å². The van der Waals surface area contributed by atoms with Crippen molar-refractivity contribution >= 4 is 22.2 Å². The minimum absolute atomic E-state index is 0.195. The maximum absolute atomic E-state index is 11.5. The number of H-pyrrole nitrogens is 3. The molecule has 0 fully saturated rings. The molecule has 2 aromatic heterocycles. The largest absolute Gasteiger partial charge is 0.360 e. The normalized spacial score (nSPS) is 11.4. The Balaban J connectivity index is 1.91. The molecular formula is C11H8N8O. The Morgan fingerprint density at radius 1 is 1.40 bits per heavy atom. The molecule has 0 saturated heterocycles. The molecular weight excluding hydrogens is 260 g/mol. The first-order valence-corrected chi connectivity index (χ1v) is 5.59. The lowest BCUT2D eigenvalue weighted by atomic mass is 10.2. The number of rotatable bonds is 3. The molecule has 9 heteroatoms. The summed E-state index contributed by atoms with van der Waals surface area (Å²) in [7, 11) is 0. The Morgan fingerprint density at radius 2 is 2.30 bits per heavy atom. The molecule has 9 nitrogen and oxygen atoms in total. The third-order valence-corrected chi connectivity index (χ3v) is 2.66. The Morgan fingerprint density at radius 3 is 3.05 bits per heavy atom. The van der Waals surface area contributed by atoms with Gasteiger partial charge in [0.25, 0.3) is 5.56 Å². The summed E-state index contributed by atoms with van der Waals surface area (Å²) < 4.78 is 0. The molecule has 1 aromatic carbocycles. The second-order valence-corrected chi connectivity index (χ2v) is 3.89. The lowest BCUT2D eigenvalue weighted by molar-refractivity contribution is 0.881. The molecule has 0 aliphatic heterocycles. The molecule has 0 radical (unpaired) electrons. The van der Waals surface area contributed by atoms with Crippen molar-refractivity contribution in [1.82, 2.24) is 30.8 Å². The molecule has 0 aliphatic rings. The first-order chi connectivity index (χ1) is 9.78. The molecule has 3 rings (SSSR count). The van der Waals surface area contributed by atoms with E-state index in [1.54, 1.807) is 18.2 Å². The molecule has 0 atom stereocenters. The van der Waals surface area contributed by atoms with Gasteiger partial charge in [-0.15, -0.1) is 10.2 Å². The van der Waals surface area contributed by atoms with Gasteiger partial charge in [-0.2, -0.15) is 10.5 Å². The highest BCUT2D eigenvalue weighted by molar-refractivity contribution is 5.82. The fourth-order valence-electron chi connectivity index (χ4n) is 1.70. The Hall–Kier alpha value is -3.41. The zero-order valence-corrected chi connectivity index (χ0v) is 10.0. The number of hydrogen-bond acceptors (Lipinski definition) is 6. The van der Waals surface area contributed by atoms with Gasteiger partial charge in [0.1, 0.15) is 11.6 Å². The molecule has 4 N–H and O–H groups in total. The Labute approximate surface area is 111 Å². The van der Waals surface area contributed by atoms with Crippen LogP contribution in [0.1, 0.15) is 5.82 Å². The first kappa shape index (κ1) is 11.7. The molecule has 0 amide bonds. The number of aromatic amines is 3. The standard InChI is InChI=1S/C11H8N8O/c12-4-6(10-15-18-19-16-10)5-13-7-1-2-9-8(3-7)11(20)17-14-9/h1-3,5,13H,(H2,14,17,20)(H,15,16,18,19). The van der Waals surface area contributed by atoms with Gasteiger partial charge >= 0.3 is 0 Å². The van der Waals surface area contributed by atoms with E-state index in [-0.39, 0.29) is 17.0 Å². The van der Waals surface area contributed by atoms with E-state index in [2.05, 4.69) is 36.1 Å². The molecule has 0 spiro atoms. The number of allylic oxidation sites excluding steroid dienone is 1.